The first kappa shape index (κ1) is 14.2. The highest BCUT2D eigenvalue weighted by atomic mass is 16.5. The van der Waals surface area contributed by atoms with Gasteiger partial charge in [0, 0.05) is 11.9 Å². The number of allylic oxidation sites excluding steroid dienone is 1. The number of hydrogen-bond acceptors (Lipinski definition) is 6. The summed E-state index contributed by atoms with van der Waals surface area (Å²) in [5.74, 6) is 0.200. The van der Waals surface area contributed by atoms with Gasteiger partial charge in [0.15, 0.2) is 0 Å². The van der Waals surface area contributed by atoms with Gasteiger partial charge in [-0.3, -0.25) is 4.98 Å². The summed E-state index contributed by atoms with van der Waals surface area (Å²) in [4.78, 5) is 21.1. The molecule has 114 valence electrons. The Morgan fingerprint density at radius 3 is 2.86 bits per heavy atom. The van der Waals surface area contributed by atoms with Gasteiger partial charge in [-0.1, -0.05) is 6.07 Å². The highest BCUT2D eigenvalue weighted by Gasteiger charge is 2.35. The predicted octanol–water partition coefficient (Wildman–Crippen LogP) is 1.91. The van der Waals surface area contributed by atoms with E-state index in [1.54, 1.807) is 10.9 Å². The fourth-order valence-electron chi connectivity index (χ4n) is 2.44. The Morgan fingerprint density at radius 1 is 1.36 bits per heavy atom. The molecule has 0 radical (unpaired) electrons. The third-order valence-corrected chi connectivity index (χ3v) is 3.32. The largest absolute Gasteiger partial charge is 0.459 e. The maximum absolute atomic E-state index is 12.5. The molecule has 0 bridgehead atoms. The molecule has 7 heteroatoms. The lowest BCUT2D eigenvalue weighted by atomic mass is 10.00. The molecule has 2 aromatic heterocycles. The van der Waals surface area contributed by atoms with E-state index < -0.39 is 6.04 Å². The molecule has 0 aliphatic carbocycles. The van der Waals surface area contributed by atoms with Crippen molar-refractivity contribution in [3.05, 3.63) is 47.7 Å². The average molecular weight is 299 g/mol. The number of rotatable bonds is 3. The highest BCUT2D eigenvalue weighted by molar-refractivity contribution is 5.92. The van der Waals surface area contributed by atoms with Crippen LogP contribution in [0, 0.1) is 0 Å². The molecule has 0 amide bonds. The van der Waals surface area contributed by atoms with E-state index in [0.717, 1.165) is 0 Å². The van der Waals surface area contributed by atoms with E-state index in [9.17, 15) is 4.79 Å². The van der Waals surface area contributed by atoms with Crippen LogP contribution in [0.15, 0.2) is 42.0 Å². The molecule has 0 spiro atoms. The Bertz CT molecular complexity index is 721. The maximum Gasteiger partial charge on any atom is 0.338 e. The Morgan fingerprint density at radius 2 is 2.18 bits per heavy atom. The van der Waals surface area contributed by atoms with Gasteiger partial charge in [0.1, 0.15) is 12.4 Å². The summed E-state index contributed by atoms with van der Waals surface area (Å²) in [6, 6.07) is 5.11. The summed E-state index contributed by atoms with van der Waals surface area (Å²) < 4.78 is 7.02. The minimum Gasteiger partial charge on any atom is -0.459 e. The molecule has 1 aliphatic rings. The first-order valence-electron chi connectivity index (χ1n) is 7.07. The molecule has 2 aromatic rings. The molecule has 0 saturated heterocycles. The lowest BCUT2D eigenvalue weighted by Gasteiger charge is -2.27. The van der Waals surface area contributed by atoms with Crippen molar-refractivity contribution in [3.63, 3.8) is 0 Å². The topological polar surface area (TPSA) is 81.9 Å². The summed E-state index contributed by atoms with van der Waals surface area (Å²) in [5.41, 5.74) is 1.90. The highest BCUT2D eigenvalue weighted by Crippen LogP contribution is 2.34. The summed E-state index contributed by atoms with van der Waals surface area (Å²) >= 11 is 0. The van der Waals surface area contributed by atoms with Gasteiger partial charge in [-0.2, -0.15) is 10.1 Å². The molecule has 22 heavy (non-hydrogen) atoms. The molecule has 1 N–H and O–H groups in total. The Hall–Kier alpha value is -2.70. The van der Waals surface area contributed by atoms with E-state index >= 15 is 0 Å². The summed E-state index contributed by atoms with van der Waals surface area (Å²) in [6.45, 7) is 5.46. The van der Waals surface area contributed by atoms with E-state index in [4.69, 9.17) is 4.74 Å². The van der Waals surface area contributed by atoms with Gasteiger partial charge < -0.3 is 10.1 Å². The number of hydrogen-bond donors (Lipinski definition) is 1. The fourth-order valence-corrected chi connectivity index (χ4v) is 2.44. The van der Waals surface area contributed by atoms with Crippen molar-refractivity contribution < 1.29 is 9.53 Å². The van der Waals surface area contributed by atoms with Crippen LogP contribution in [-0.4, -0.2) is 31.8 Å². The number of carbonyl (C=O) groups excluding carboxylic acids is 1. The lowest BCUT2D eigenvalue weighted by Crippen LogP contribution is -2.31. The SMILES string of the molecule is CC1=C(C(=O)OC(C)C)[C@@H](c2ccccn2)n2ncnc2N1. The average Bonchev–Trinajstić information content (AvgIpc) is 2.93. The monoisotopic (exact) mass is 299 g/mol. The van der Waals surface area contributed by atoms with E-state index in [-0.39, 0.29) is 12.1 Å². The van der Waals surface area contributed by atoms with Crippen molar-refractivity contribution in [1.82, 2.24) is 19.7 Å². The Balaban J connectivity index is 2.10. The molecule has 1 atom stereocenters. The van der Waals surface area contributed by atoms with Crippen molar-refractivity contribution in [2.75, 3.05) is 5.32 Å². The van der Waals surface area contributed by atoms with Crippen molar-refractivity contribution in [1.29, 1.82) is 0 Å². The molecule has 0 saturated carbocycles. The van der Waals surface area contributed by atoms with Crippen molar-refractivity contribution in [2.24, 2.45) is 0 Å². The second-order valence-electron chi connectivity index (χ2n) is 5.30. The van der Waals surface area contributed by atoms with Gasteiger partial charge in [-0.25, -0.2) is 9.48 Å². The van der Waals surface area contributed by atoms with Gasteiger partial charge in [0.05, 0.1) is 17.4 Å². The Labute approximate surface area is 128 Å². The van der Waals surface area contributed by atoms with E-state index in [0.29, 0.717) is 22.9 Å². The van der Waals surface area contributed by atoms with Crippen LogP contribution in [0.2, 0.25) is 0 Å². The summed E-state index contributed by atoms with van der Waals surface area (Å²) in [7, 11) is 0. The number of ether oxygens (including phenoxy) is 1. The predicted molar refractivity (Wildman–Crippen MR) is 79.9 cm³/mol. The van der Waals surface area contributed by atoms with Crippen LogP contribution in [0.3, 0.4) is 0 Å². The zero-order valence-corrected chi connectivity index (χ0v) is 12.6. The minimum absolute atomic E-state index is 0.200. The fraction of sp³-hybridized carbons (Fsp3) is 0.333. The van der Waals surface area contributed by atoms with Crippen LogP contribution >= 0.6 is 0 Å². The smallest absolute Gasteiger partial charge is 0.338 e. The van der Waals surface area contributed by atoms with Crippen LogP contribution in [0.4, 0.5) is 5.95 Å². The van der Waals surface area contributed by atoms with E-state index in [1.807, 2.05) is 39.0 Å². The molecule has 0 unspecified atom stereocenters. The third kappa shape index (κ3) is 2.45. The van der Waals surface area contributed by atoms with Crippen molar-refractivity contribution in [3.8, 4) is 0 Å². The van der Waals surface area contributed by atoms with Crippen molar-refractivity contribution >= 4 is 11.9 Å². The molecule has 0 aromatic carbocycles. The van der Waals surface area contributed by atoms with Gasteiger partial charge in [-0.15, -0.1) is 0 Å². The normalized spacial score (nSPS) is 17.2. The minimum atomic E-state index is -0.453. The third-order valence-electron chi connectivity index (χ3n) is 3.32. The number of esters is 1. The number of nitrogens with one attached hydrogen (secondary N) is 1. The standard InChI is InChI=1S/C15H17N5O2/c1-9(2)22-14(21)12-10(3)19-15-17-8-18-20(15)13(12)11-6-4-5-7-16-11/h4-9,13H,1-3H3,(H,17,18,19)/t13-/m1/s1. The summed E-state index contributed by atoms with van der Waals surface area (Å²) in [5, 5.41) is 7.31. The van der Waals surface area contributed by atoms with E-state index in [1.165, 1.54) is 6.33 Å². The van der Waals surface area contributed by atoms with Crippen LogP contribution in [0.1, 0.15) is 32.5 Å². The quantitative estimate of drug-likeness (QED) is 0.872. The van der Waals surface area contributed by atoms with Crippen LogP contribution < -0.4 is 5.32 Å². The molecule has 3 rings (SSSR count). The molecule has 0 fully saturated rings. The first-order chi connectivity index (χ1) is 10.6. The maximum atomic E-state index is 12.5. The first-order valence-corrected chi connectivity index (χ1v) is 7.07. The second kappa shape index (κ2) is 5.59. The summed E-state index contributed by atoms with van der Waals surface area (Å²) in [6.07, 6.45) is 2.94. The Kier molecular flexibility index (Phi) is 3.62. The number of nitrogens with zero attached hydrogens (tertiary/aromatic N) is 4. The van der Waals surface area contributed by atoms with Crippen LogP contribution in [0.5, 0.6) is 0 Å². The molecule has 3 heterocycles. The number of pyridine rings is 1. The van der Waals surface area contributed by atoms with Gasteiger partial charge in [0.2, 0.25) is 5.95 Å². The molecule has 7 nitrogen and oxygen atoms in total. The van der Waals surface area contributed by atoms with Crippen LogP contribution in [0.25, 0.3) is 0 Å². The number of anilines is 1. The van der Waals surface area contributed by atoms with Gasteiger partial charge >= 0.3 is 5.97 Å². The second-order valence-corrected chi connectivity index (χ2v) is 5.30. The van der Waals surface area contributed by atoms with Crippen LogP contribution in [-0.2, 0) is 9.53 Å². The number of carbonyl (C=O) groups is 1. The molecule has 1 aliphatic heterocycles. The van der Waals surface area contributed by atoms with Gasteiger partial charge in [0.25, 0.3) is 0 Å². The zero-order valence-electron chi connectivity index (χ0n) is 12.6. The lowest BCUT2D eigenvalue weighted by molar-refractivity contribution is -0.143. The van der Waals surface area contributed by atoms with Gasteiger partial charge in [-0.05, 0) is 32.9 Å². The van der Waals surface area contributed by atoms with E-state index in [2.05, 4.69) is 20.4 Å². The van der Waals surface area contributed by atoms with Crippen molar-refractivity contribution in [2.45, 2.75) is 32.9 Å². The molecular formula is C15H17N5O2. The number of fused-ring (bicyclic) bond motifs is 1. The number of aromatic nitrogens is 4. The zero-order chi connectivity index (χ0) is 15.7. The molecular weight excluding hydrogens is 282 g/mol.